The molecule has 0 radical (unpaired) electrons. The van der Waals surface area contributed by atoms with Gasteiger partial charge in [-0.25, -0.2) is 0 Å². The van der Waals surface area contributed by atoms with E-state index in [4.69, 9.17) is 0 Å². The van der Waals surface area contributed by atoms with E-state index in [0.717, 1.165) is 19.6 Å². The minimum Gasteiger partial charge on any atom is -0.385 e. The van der Waals surface area contributed by atoms with Gasteiger partial charge in [0.25, 0.3) is 0 Å². The van der Waals surface area contributed by atoms with Crippen molar-refractivity contribution in [2.75, 3.05) is 32.5 Å². The molecule has 1 aliphatic rings. The van der Waals surface area contributed by atoms with E-state index < -0.39 is 0 Å². The SMILES string of the molecule is CC(CN(C)C)NCc1cccc2c1NCCC2. The number of likely N-dealkylation sites (N-methyl/N-ethyl adjacent to an activating group) is 1. The van der Waals surface area contributed by atoms with Crippen LogP contribution in [0.15, 0.2) is 18.2 Å². The summed E-state index contributed by atoms with van der Waals surface area (Å²) in [6, 6.07) is 7.17. The predicted octanol–water partition coefficient (Wildman–Crippen LogP) is 2.08. The number of nitrogens with one attached hydrogen (secondary N) is 2. The summed E-state index contributed by atoms with van der Waals surface area (Å²) in [6.45, 7) is 5.37. The van der Waals surface area contributed by atoms with Crippen LogP contribution in [0.3, 0.4) is 0 Å². The molecule has 0 saturated carbocycles. The number of fused-ring (bicyclic) bond motifs is 1. The van der Waals surface area contributed by atoms with Gasteiger partial charge < -0.3 is 15.5 Å². The van der Waals surface area contributed by atoms with E-state index in [2.05, 4.69) is 54.8 Å². The van der Waals surface area contributed by atoms with Gasteiger partial charge in [0.05, 0.1) is 0 Å². The third-order valence-electron chi connectivity index (χ3n) is 3.44. The largest absolute Gasteiger partial charge is 0.385 e. The Kier molecular flexibility index (Phi) is 4.61. The second kappa shape index (κ2) is 6.21. The van der Waals surface area contributed by atoms with Gasteiger partial charge in [-0.3, -0.25) is 0 Å². The van der Waals surface area contributed by atoms with Crippen molar-refractivity contribution in [2.45, 2.75) is 32.4 Å². The zero-order valence-corrected chi connectivity index (χ0v) is 11.8. The molecule has 0 fully saturated rings. The van der Waals surface area contributed by atoms with Crippen LogP contribution in [-0.4, -0.2) is 38.1 Å². The Bertz CT molecular complexity index is 387. The molecule has 1 unspecified atom stereocenters. The second-order valence-electron chi connectivity index (χ2n) is 5.53. The molecule has 2 rings (SSSR count). The van der Waals surface area contributed by atoms with Gasteiger partial charge in [-0.15, -0.1) is 0 Å². The monoisotopic (exact) mass is 247 g/mol. The zero-order chi connectivity index (χ0) is 13.0. The van der Waals surface area contributed by atoms with E-state index in [9.17, 15) is 0 Å². The van der Waals surface area contributed by atoms with Gasteiger partial charge in [0.15, 0.2) is 0 Å². The van der Waals surface area contributed by atoms with E-state index >= 15 is 0 Å². The number of para-hydroxylation sites is 1. The molecule has 3 heteroatoms. The van der Waals surface area contributed by atoms with Gasteiger partial charge in [0, 0.05) is 31.4 Å². The molecule has 0 amide bonds. The first-order chi connectivity index (χ1) is 8.66. The normalized spacial score (nSPS) is 16.2. The third-order valence-corrected chi connectivity index (χ3v) is 3.44. The minimum absolute atomic E-state index is 0.513. The molecule has 0 bridgehead atoms. The Morgan fingerprint density at radius 3 is 3.00 bits per heavy atom. The van der Waals surface area contributed by atoms with Gasteiger partial charge >= 0.3 is 0 Å². The Balaban J connectivity index is 1.97. The van der Waals surface area contributed by atoms with Crippen LogP contribution in [0.25, 0.3) is 0 Å². The highest BCUT2D eigenvalue weighted by molar-refractivity contribution is 5.59. The summed E-state index contributed by atoms with van der Waals surface area (Å²) in [4.78, 5) is 2.22. The van der Waals surface area contributed by atoms with E-state index in [1.807, 2.05) is 0 Å². The van der Waals surface area contributed by atoms with Crippen LogP contribution in [0.4, 0.5) is 5.69 Å². The highest BCUT2D eigenvalue weighted by atomic mass is 15.1. The third kappa shape index (κ3) is 3.47. The Hall–Kier alpha value is -1.06. The van der Waals surface area contributed by atoms with Crippen LogP contribution in [0.5, 0.6) is 0 Å². The molecule has 100 valence electrons. The van der Waals surface area contributed by atoms with Crippen LogP contribution in [-0.2, 0) is 13.0 Å². The lowest BCUT2D eigenvalue weighted by Gasteiger charge is -2.23. The Morgan fingerprint density at radius 2 is 2.22 bits per heavy atom. The predicted molar refractivity (Wildman–Crippen MR) is 78.1 cm³/mol. The van der Waals surface area contributed by atoms with Crippen LogP contribution in [0, 0.1) is 0 Å². The Morgan fingerprint density at radius 1 is 1.39 bits per heavy atom. The van der Waals surface area contributed by atoms with Crippen LogP contribution in [0.1, 0.15) is 24.5 Å². The summed E-state index contributed by atoms with van der Waals surface area (Å²) in [5.74, 6) is 0. The molecule has 3 nitrogen and oxygen atoms in total. The van der Waals surface area contributed by atoms with Crippen molar-refractivity contribution in [3.05, 3.63) is 29.3 Å². The lowest BCUT2D eigenvalue weighted by Crippen LogP contribution is -2.35. The number of benzene rings is 1. The van der Waals surface area contributed by atoms with Crippen LogP contribution < -0.4 is 10.6 Å². The highest BCUT2D eigenvalue weighted by Crippen LogP contribution is 2.25. The lowest BCUT2D eigenvalue weighted by atomic mass is 9.99. The average Bonchev–Trinajstić information content (AvgIpc) is 2.35. The maximum Gasteiger partial charge on any atom is 0.0418 e. The molecule has 2 N–H and O–H groups in total. The molecule has 1 aromatic carbocycles. The maximum absolute atomic E-state index is 3.60. The summed E-state index contributed by atoms with van der Waals surface area (Å²) in [6.07, 6.45) is 2.46. The first kappa shape index (κ1) is 13.4. The number of hydrogen-bond acceptors (Lipinski definition) is 3. The lowest BCUT2D eigenvalue weighted by molar-refractivity contribution is 0.349. The Labute approximate surface area is 111 Å². The van der Waals surface area contributed by atoms with Crippen molar-refractivity contribution in [3.8, 4) is 0 Å². The summed E-state index contributed by atoms with van der Waals surface area (Å²) >= 11 is 0. The van der Waals surface area contributed by atoms with Crippen molar-refractivity contribution in [1.29, 1.82) is 0 Å². The number of nitrogens with zero attached hydrogens (tertiary/aromatic N) is 1. The number of hydrogen-bond donors (Lipinski definition) is 2. The highest BCUT2D eigenvalue weighted by Gasteiger charge is 2.12. The molecule has 0 saturated heterocycles. The molecule has 0 spiro atoms. The quantitative estimate of drug-likeness (QED) is 0.834. The van der Waals surface area contributed by atoms with Crippen molar-refractivity contribution >= 4 is 5.69 Å². The fourth-order valence-electron chi connectivity index (χ4n) is 2.62. The van der Waals surface area contributed by atoms with E-state index in [1.54, 1.807) is 0 Å². The van der Waals surface area contributed by atoms with Gasteiger partial charge in [0.2, 0.25) is 0 Å². The molecule has 0 aromatic heterocycles. The zero-order valence-electron chi connectivity index (χ0n) is 11.8. The molecular weight excluding hydrogens is 222 g/mol. The number of aryl methyl sites for hydroxylation is 1. The summed E-state index contributed by atoms with van der Waals surface area (Å²) in [7, 11) is 4.23. The first-order valence-corrected chi connectivity index (χ1v) is 6.89. The maximum atomic E-state index is 3.60. The van der Waals surface area contributed by atoms with Crippen LogP contribution >= 0.6 is 0 Å². The summed E-state index contributed by atoms with van der Waals surface area (Å²) < 4.78 is 0. The van der Waals surface area contributed by atoms with Gasteiger partial charge in [-0.05, 0) is 45.0 Å². The summed E-state index contributed by atoms with van der Waals surface area (Å²) in [5.41, 5.74) is 4.24. The smallest absolute Gasteiger partial charge is 0.0418 e. The number of rotatable bonds is 5. The molecule has 1 atom stereocenters. The molecule has 1 aromatic rings. The molecule has 1 aliphatic heterocycles. The standard InChI is InChI=1S/C15H25N3/c1-12(11-18(2)3)17-10-14-7-4-6-13-8-5-9-16-15(13)14/h4,6-7,12,16-17H,5,8-11H2,1-3H3. The van der Waals surface area contributed by atoms with Crippen molar-refractivity contribution in [1.82, 2.24) is 10.2 Å². The molecular formula is C15H25N3. The number of anilines is 1. The fourth-order valence-corrected chi connectivity index (χ4v) is 2.62. The van der Waals surface area contributed by atoms with E-state index in [0.29, 0.717) is 6.04 Å². The summed E-state index contributed by atoms with van der Waals surface area (Å²) in [5, 5.41) is 7.14. The second-order valence-corrected chi connectivity index (χ2v) is 5.53. The van der Waals surface area contributed by atoms with Crippen molar-refractivity contribution in [3.63, 3.8) is 0 Å². The van der Waals surface area contributed by atoms with Crippen molar-refractivity contribution < 1.29 is 0 Å². The van der Waals surface area contributed by atoms with E-state index in [-0.39, 0.29) is 0 Å². The van der Waals surface area contributed by atoms with Gasteiger partial charge in [-0.1, -0.05) is 18.2 Å². The van der Waals surface area contributed by atoms with Gasteiger partial charge in [0.1, 0.15) is 0 Å². The first-order valence-electron chi connectivity index (χ1n) is 6.89. The molecule has 18 heavy (non-hydrogen) atoms. The van der Waals surface area contributed by atoms with Crippen molar-refractivity contribution in [2.24, 2.45) is 0 Å². The topological polar surface area (TPSA) is 27.3 Å². The molecule has 0 aliphatic carbocycles. The van der Waals surface area contributed by atoms with E-state index in [1.165, 1.54) is 29.7 Å². The average molecular weight is 247 g/mol. The van der Waals surface area contributed by atoms with Crippen LogP contribution in [0.2, 0.25) is 0 Å². The molecule has 1 heterocycles. The van der Waals surface area contributed by atoms with Gasteiger partial charge in [-0.2, -0.15) is 0 Å². The minimum atomic E-state index is 0.513. The fraction of sp³-hybridized carbons (Fsp3) is 0.600.